The standard InChI is InChI=1S/C10H14.2HI/c1-7-5-6-8(2)10(4)9(7)3;;/h5-6H,1-4H3;2*1H. The molecule has 0 aliphatic rings. The second-order valence-electron chi connectivity index (χ2n) is 2.95. The first kappa shape index (κ1) is 15.2. The van der Waals surface area contributed by atoms with Crippen molar-refractivity contribution in [3.05, 3.63) is 34.4 Å². The van der Waals surface area contributed by atoms with Gasteiger partial charge in [0.05, 0.1) is 0 Å². The van der Waals surface area contributed by atoms with Crippen molar-refractivity contribution in [3.8, 4) is 0 Å². The predicted molar refractivity (Wildman–Crippen MR) is 76.2 cm³/mol. The van der Waals surface area contributed by atoms with Gasteiger partial charge in [-0.15, -0.1) is 48.0 Å². The molecule has 1 rings (SSSR count). The van der Waals surface area contributed by atoms with E-state index in [4.69, 9.17) is 0 Å². The molecule has 0 bridgehead atoms. The van der Waals surface area contributed by atoms with Gasteiger partial charge in [0, 0.05) is 0 Å². The van der Waals surface area contributed by atoms with E-state index < -0.39 is 0 Å². The third-order valence-electron chi connectivity index (χ3n) is 2.33. The van der Waals surface area contributed by atoms with Gasteiger partial charge >= 0.3 is 0 Å². The molecule has 0 spiro atoms. The molecule has 1 aromatic carbocycles. The lowest BCUT2D eigenvalue weighted by Crippen LogP contribution is -1.88. The van der Waals surface area contributed by atoms with Gasteiger partial charge in [0.2, 0.25) is 0 Å². The number of halogens is 2. The lowest BCUT2D eigenvalue weighted by molar-refractivity contribution is 1.22. The van der Waals surface area contributed by atoms with Crippen LogP contribution in [0.4, 0.5) is 0 Å². The molecule has 0 radical (unpaired) electrons. The highest BCUT2D eigenvalue weighted by molar-refractivity contribution is 14.0. The highest BCUT2D eigenvalue weighted by Gasteiger charge is 1.97. The Morgan fingerprint density at radius 2 is 0.917 bits per heavy atom. The van der Waals surface area contributed by atoms with Crippen molar-refractivity contribution in [2.24, 2.45) is 0 Å². The fourth-order valence-electron chi connectivity index (χ4n) is 1.09. The molecule has 70 valence electrons. The molecule has 0 aliphatic heterocycles. The summed E-state index contributed by atoms with van der Waals surface area (Å²) in [6, 6.07) is 4.36. The maximum Gasteiger partial charge on any atom is -0.0392 e. The summed E-state index contributed by atoms with van der Waals surface area (Å²) in [4.78, 5) is 0. The van der Waals surface area contributed by atoms with E-state index in [1.807, 2.05) is 0 Å². The Kier molecular flexibility index (Phi) is 7.81. The van der Waals surface area contributed by atoms with Gasteiger partial charge < -0.3 is 0 Å². The summed E-state index contributed by atoms with van der Waals surface area (Å²) >= 11 is 0. The first-order chi connectivity index (χ1) is 4.63. The lowest BCUT2D eigenvalue weighted by atomic mass is 10.0. The van der Waals surface area contributed by atoms with E-state index in [0.717, 1.165) is 0 Å². The molecule has 12 heavy (non-hydrogen) atoms. The number of rotatable bonds is 0. The van der Waals surface area contributed by atoms with Gasteiger partial charge in [0.25, 0.3) is 0 Å². The largest absolute Gasteiger partial charge is 0.107 e. The van der Waals surface area contributed by atoms with E-state index in [1.165, 1.54) is 22.3 Å². The summed E-state index contributed by atoms with van der Waals surface area (Å²) in [5, 5.41) is 0. The predicted octanol–water partition coefficient (Wildman–Crippen LogP) is 4.16. The molecule has 1 aromatic rings. The molecule has 0 nitrogen and oxygen atoms in total. The van der Waals surface area contributed by atoms with Crippen LogP contribution in [0.2, 0.25) is 0 Å². The summed E-state index contributed by atoms with van der Waals surface area (Å²) in [6.45, 7) is 8.67. The average molecular weight is 390 g/mol. The molecule has 0 aliphatic carbocycles. The zero-order valence-electron chi connectivity index (χ0n) is 7.97. The smallest absolute Gasteiger partial charge is 0.0392 e. The van der Waals surface area contributed by atoms with Crippen molar-refractivity contribution in [2.75, 3.05) is 0 Å². The molecular formula is C10H16I2. The molecule has 0 aromatic heterocycles. The van der Waals surface area contributed by atoms with E-state index in [0.29, 0.717) is 0 Å². The van der Waals surface area contributed by atoms with Gasteiger partial charge in [-0.3, -0.25) is 0 Å². The maximum atomic E-state index is 2.18. The van der Waals surface area contributed by atoms with Crippen LogP contribution in [0.3, 0.4) is 0 Å². The Bertz CT molecular complexity index is 227. The maximum absolute atomic E-state index is 2.18. The zero-order chi connectivity index (χ0) is 7.72. The van der Waals surface area contributed by atoms with Crippen molar-refractivity contribution in [1.29, 1.82) is 0 Å². The molecule has 0 amide bonds. The van der Waals surface area contributed by atoms with Crippen LogP contribution in [-0.2, 0) is 0 Å². The Morgan fingerprint density at radius 3 is 1.17 bits per heavy atom. The molecule has 0 fully saturated rings. The Labute approximate surface area is 109 Å². The van der Waals surface area contributed by atoms with Gasteiger partial charge in [-0.05, 0) is 49.9 Å². The normalized spacial score (nSPS) is 8.33. The van der Waals surface area contributed by atoms with Crippen molar-refractivity contribution in [1.82, 2.24) is 0 Å². The molecule has 0 saturated heterocycles. The van der Waals surface area contributed by atoms with Crippen molar-refractivity contribution in [3.63, 3.8) is 0 Å². The van der Waals surface area contributed by atoms with Gasteiger partial charge in [0.1, 0.15) is 0 Å². The van der Waals surface area contributed by atoms with E-state index in [1.54, 1.807) is 0 Å². The van der Waals surface area contributed by atoms with Gasteiger partial charge in [-0.2, -0.15) is 0 Å². The van der Waals surface area contributed by atoms with Gasteiger partial charge in [-0.25, -0.2) is 0 Å². The van der Waals surface area contributed by atoms with E-state index in [2.05, 4.69) is 39.8 Å². The first-order valence-corrected chi connectivity index (χ1v) is 3.66. The second kappa shape index (κ2) is 6.18. The monoisotopic (exact) mass is 390 g/mol. The summed E-state index contributed by atoms with van der Waals surface area (Å²) in [7, 11) is 0. The average Bonchev–Trinajstić information content (AvgIpc) is 1.93. The van der Waals surface area contributed by atoms with E-state index >= 15 is 0 Å². The highest BCUT2D eigenvalue weighted by Crippen LogP contribution is 2.15. The van der Waals surface area contributed by atoms with Crippen LogP contribution < -0.4 is 0 Å². The third-order valence-corrected chi connectivity index (χ3v) is 2.33. The molecule has 0 unspecified atom stereocenters. The molecule has 0 saturated carbocycles. The van der Waals surface area contributed by atoms with E-state index in [9.17, 15) is 0 Å². The zero-order valence-corrected chi connectivity index (χ0v) is 12.6. The number of hydrogen-bond acceptors (Lipinski definition) is 0. The molecular weight excluding hydrogens is 374 g/mol. The first-order valence-electron chi connectivity index (χ1n) is 3.66. The van der Waals surface area contributed by atoms with Crippen LogP contribution in [0.25, 0.3) is 0 Å². The number of benzene rings is 1. The van der Waals surface area contributed by atoms with Crippen LogP contribution in [0.1, 0.15) is 22.3 Å². The minimum Gasteiger partial charge on any atom is -0.107 e. The molecule has 0 atom stereocenters. The second-order valence-corrected chi connectivity index (χ2v) is 2.95. The fourth-order valence-corrected chi connectivity index (χ4v) is 1.09. The van der Waals surface area contributed by atoms with Crippen LogP contribution >= 0.6 is 48.0 Å². The Hall–Kier alpha value is 0.680. The van der Waals surface area contributed by atoms with Gasteiger partial charge in [-0.1, -0.05) is 12.1 Å². The van der Waals surface area contributed by atoms with Crippen molar-refractivity contribution in [2.45, 2.75) is 27.7 Å². The minimum atomic E-state index is 0. The molecule has 2 heteroatoms. The van der Waals surface area contributed by atoms with Crippen molar-refractivity contribution < 1.29 is 0 Å². The number of hydrogen-bond donors (Lipinski definition) is 0. The van der Waals surface area contributed by atoms with Crippen LogP contribution in [0.15, 0.2) is 12.1 Å². The minimum absolute atomic E-state index is 0. The highest BCUT2D eigenvalue weighted by atomic mass is 127. The Balaban J connectivity index is 0. The number of aryl methyl sites for hydroxylation is 2. The lowest BCUT2D eigenvalue weighted by Gasteiger charge is -2.06. The molecule has 0 N–H and O–H groups in total. The quantitative estimate of drug-likeness (QED) is 0.584. The van der Waals surface area contributed by atoms with Crippen LogP contribution in [0.5, 0.6) is 0 Å². The summed E-state index contributed by atoms with van der Waals surface area (Å²) in [5.41, 5.74) is 5.64. The molecule has 0 heterocycles. The van der Waals surface area contributed by atoms with Gasteiger partial charge in [0.15, 0.2) is 0 Å². The van der Waals surface area contributed by atoms with Crippen LogP contribution in [0, 0.1) is 27.7 Å². The summed E-state index contributed by atoms with van der Waals surface area (Å²) in [6.07, 6.45) is 0. The fraction of sp³-hybridized carbons (Fsp3) is 0.400. The van der Waals surface area contributed by atoms with Crippen molar-refractivity contribution >= 4 is 48.0 Å². The third kappa shape index (κ3) is 3.20. The topological polar surface area (TPSA) is 0 Å². The SMILES string of the molecule is Cc1ccc(C)c(C)c1C.I.I. The van der Waals surface area contributed by atoms with E-state index in [-0.39, 0.29) is 48.0 Å². The van der Waals surface area contributed by atoms with Crippen LogP contribution in [-0.4, -0.2) is 0 Å². The summed E-state index contributed by atoms with van der Waals surface area (Å²) in [5.74, 6) is 0. The summed E-state index contributed by atoms with van der Waals surface area (Å²) < 4.78 is 0. The Morgan fingerprint density at radius 1 is 0.667 bits per heavy atom.